The first kappa shape index (κ1) is 20.5. The van der Waals surface area contributed by atoms with E-state index in [4.69, 9.17) is 0 Å². The van der Waals surface area contributed by atoms with Crippen LogP contribution < -0.4 is 10.2 Å². The molecule has 26 heavy (non-hydrogen) atoms. The standard InChI is InChI=1S/C17H24F3N3O2S/c1-16(2)5-6-23(7-8-26(16)25)15(24)21-13-9-12(17(18,19)20)10-14(11-13)22(3)4/h9-11H,5-8H2,1-4H3,(H,21,24). The van der Waals surface area contributed by atoms with Crippen molar-refractivity contribution >= 4 is 28.2 Å². The van der Waals surface area contributed by atoms with Crippen molar-refractivity contribution in [2.24, 2.45) is 0 Å². The lowest BCUT2D eigenvalue weighted by Gasteiger charge is -2.23. The number of halogens is 3. The van der Waals surface area contributed by atoms with Gasteiger partial charge in [-0.05, 0) is 38.5 Å². The summed E-state index contributed by atoms with van der Waals surface area (Å²) >= 11 is 0. The maximum atomic E-state index is 13.1. The minimum Gasteiger partial charge on any atom is -0.378 e. The van der Waals surface area contributed by atoms with Crippen LogP contribution in [0.4, 0.5) is 29.3 Å². The van der Waals surface area contributed by atoms with E-state index in [1.54, 1.807) is 19.0 Å². The second kappa shape index (κ2) is 7.46. The summed E-state index contributed by atoms with van der Waals surface area (Å²) in [6, 6.07) is 2.97. The lowest BCUT2D eigenvalue weighted by atomic mass is 10.1. The molecule has 2 rings (SSSR count). The number of rotatable bonds is 2. The van der Waals surface area contributed by atoms with E-state index in [9.17, 15) is 22.2 Å². The zero-order chi connectivity index (χ0) is 19.7. The number of benzene rings is 1. The highest BCUT2D eigenvalue weighted by Crippen LogP contribution is 2.34. The Morgan fingerprint density at radius 1 is 1.23 bits per heavy atom. The third-order valence-electron chi connectivity index (χ3n) is 4.45. The number of hydrogen-bond donors (Lipinski definition) is 1. The number of carbonyl (C=O) groups is 1. The van der Waals surface area contributed by atoms with Crippen molar-refractivity contribution in [2.75, 3.05) is 43.2 Å². The second-order valence-corrected chi connectivity index (χ2v) is 9.34. The molecular formula is C17H24F3N3O2S. The van der Waals surface area contributed by atoms with Crippen molar-refractivity contribution < 1.29 is 22.2 Å². The monoisotopic (exact) mass is 391 g/mol. The van der Waals surface area contributed by atoms with Gasteiger partial charge in [0.05, 0.1) is 5.56 Å². The summed E-state index contributed by atoms with van der Waals surface area (Å²) in [5, 5.41) is 2.55. The lowest BCUT2D eigenvalue weighted by Crippen LogP contribution is -2.37. The van der Waals surface area contributed by atoms with Crippen LogP contribution in [0, 0.1) is 0 Å². The predicted octanol–water partition coefficient (Wildman–Crippen LogP) is 3.54. The minimum atomic E-state index is -4.50. The lowest BCUT2D eigenvalue weighted by molar-refractivity contribution is -0.137. The maximum Gasteiger partial charge on any atom is 0.416 e. The zero-order valence-corrected chi connectivity index (χ0v) is 16.1. The number of nitrogens with zero attached hydrogens (tertiary/aromatic N) is 2. The van der Waals surface area contributed by atoms with Crippen LogP contribution in [0.1, 0.15) is 25.8 Å². The zero-order valence-electron chi connectivity index (χ0n) is 15.3. The Morgan fingerprint density at radius 2 is 1.88 bits per heavy atom. The van der Waals surface area contributed by atoms with Gasteiger partial charge < -0.3 is 15.1 Å². The van der Waals surface area contributed by atoms with Gasteiger partial charge in [0.1, 0.15) is 0 Å². The van der Waals surface area contributed by atoms with Gasteiger partial charge in [-0.2, -0.15) is 13.2 Å². The fourth-order valence-electron chi connectivity index (χ4n) is 2.61. The number of hydrogen-bond acceptors (Lipinski definition) is 3. The third-order valence-corrected chi connectivity index (χ3v) is 6.44. The fourth-order valence-corrected chi connectivity index (χ4v) is 3.87. The number of amides is 2. The Morgan fingerprint density at radius 3 is 2.46 bits per heavy atom. The molecule has 1 aliphatic heterocycles. The van der Waals surface area contributed by atoms with E-state index >= 15 is 0 Å². The normalized spacial score (nSPS) is 20.4. The Kier molecular flexibility index (Phi) is 5.89. The smallest absolute Gasteiger partial charge is 0.378 e. The van der Waals surface area contributed by atoms with Gasteiger partial charge in [0.25, 0.3) is 0 Å². The number of nitrogens with one attached hydrogen (secondary N) is 1. The van der Waals surface area contributed by atoms with Crippen molar-refractivity contribution in [3.05, 3.63) is 23.8 Å². The summed E-state index contributed by atoms with van der Waals surface area (Å²) in [6.07, 6.45) is -3.94. The summed E-state index contributed by atoms with van der Waals surface area (Å²) in [5.74, 6) is 0.353. The SMILES string of the molecule is CN(C)c1cc(NC(=O)N2CCS(=O)C(C)(C)CC2)cc(C(F)(F)F)c1. The summed E-state index contributed by atoms with van der Waals surface area (Å²) in [4.78, 5) is 15.5. The van der Waals surface area contributed by atoms with Gasteiger partial charge in [0.2, 0.25) is 0 Å². The Bertz CT molecular complexity index is 705. The van der Waals surface area contributed by atoms with Crippen LogP contribution in [-0.2, 0) is 17.0 Å². The highest BCUT2D eigenvalue weighted by molar-refractivity contribution is 7.86. The molecule has 146 valence electrons. The second-order valence-electron chi connectivity index (χ2n) is 7.14. The third kappa shape index (κ3) is 4.90. The molecule has 5 nitrogen and oxygen atoms in total. The number of urea groups is 1. The van der Waals surface area contributed by atoms with Gasteiger partial charge in [-0.1, -0.05) is 0 Å². The fraction of sp³-hybridized carbons (Fsp3) is 0.588. The van der Waals surface area contributed by atoms with E-state index in [0.717, 1.165) is 12.1 Å². The molecule has 0 aromatic heterocycles. The van der Waals surface area contributed by atoms with Gasteiger partial charge in [0, 0.05) is 59.9 Å². The summed E-state index contributed by atoms with van der Waals surface area (Å²) < 4.78 is 51.1. The van der Waals surface area contributed by atoms with E-state index < -0.39 is 28.6 Å². The molecule has 1 aromatic carbocycles. The molecule has 1 heterocycles. The van der Waals surface area contributed by atoms with Gasteiger partial charge >= 0.3 is 12.2 Å². The van der Waals surface area contributed by atoms with Crippen LogP contribution in [0.3, 0.4) is 0 Å². The topological polar surface area (TPSA) is 52.7 Å². The van der Waals surface area contributed by atoms with Crippen molar-refractivity contribution in [2.45, 2.75) is 31.2 Å². The van der Waals surface area contributed by atoms with Crippen LogP contribution >= 0.6 is 0 Å². The molecule has 1 unspecified atom stereocenters. The molecule has 0 aliphatic carbocycles. The van der Waals surface area contributed by atoms with Gasteiger partial charge in [-0.25, -0.2) is 4.79 Å². The average Bonchev–Trinajstić information content (AvgIpc) is 2.65. The molecule has 1 atom stereocenters. The molecule has 9 heteroatoms. The van der Waals surface area contributed by atoms with Gasteiger partial charge in [-0.15, -0.1) is 0 Å². The van der Waals surface area contributed by atoms with Crippen molar-refractivity contribution in [3.63, 3.8) is 0 Å². The Labute approximate surface area is 154 Å². The van der Waals surface area contributed by atoms with Crippen LogP contribution in [0.5, 0.6) is 0 Å². The summed E-state index contributed by atoms with van der Waals surface area (Å²) in [7, 11) is 2.21. The van der Waals surface area contributed by atoms with Gasteiger partial charge in [-0.3, -0.25) is 4.21 Å². The molecule has 1 saturated heterocycles. The van der Waals surface area contributed by atoms with Crippen molar-refractivity contribution in [1.29, 1.82) is 0 Å². The first-order valence-corrected chi connectivity index (χ1v) is 9.56. The summed E-state index contributed by atoms with van der Waals surface area (Å²) in [5.41, 5.74) is -0.400. The minimum absolute atomic E-state index is 0.0816. The molecule has 1 aromatic rings. The van der Waals surface area contributed by atoms with E-state index in [1.807, 2.05) is 13.8 Å². The van der Waals surface area contributed by atoms with Gasteiger partial charge in [0.15, 0.2) is 0 Å². The average molecular weight is 391 g/mol. The first-order chi connectivity index (χ1) is 11.9. The number of anilines is 2. The van der Waals surface area contributed by atoms with Crippen molar-refractivity contribution in [1.82, 2.24) is 4.90 Å². The predicted molar refractivity (Wildman–Crippen MR) is 98.1 cm³/mol. The molecule has 0 spiro atoms. The molecule has 0 radical (unpaired) electrons. The molecule has 1 fully saturated rings. The van der Waals surface area contributed by atoms with E-state index in [2.05, 4.69) is 5.32 Å². The summed E-state index contributed by atoms with van der Waals surface area (Å²) in [6.45, 7) is 4.49. The maximum absolute atomic E-state index is 13.1. The molecule has 0 saturated carbocycles. The van der Waals surface area contributed by atoms with Crippen molar-refractivity contribution in [3.8, 4) is 0 Å². The highest BCUT2D eigenvalue weighted by Gasteiger charge is 2.33. The molecule has 1 N–H and O–H groups in total. The van der Waals surface area contributed by atoms with E-state index in [0.29, 0.717) is 31.0 Å². The highest BCUT2D eigenvalue weighted by atomic mass is 32.2. The molecule has 2 amide bonds. The number of alkyl halides is 3. The molecule has 0 bridgehead atoms. The van der Waals surface area contributed by atoms with Crippen LogP contribution in [0.2, 0.25) is 0 Å². The largest absolute Gasteiger partial charge is 0.416 e. The quantitative estimate of drug-likeness (QED) is 0.839. The van der Waals surface area contributed by atoms with Crippen LogP contribution in [0.25, 0.3) is 0 Å². The van der Waals surface area contributed by atoms with E-state index in [-0.39, 0.29) is 10.4 Å². The van der Waals surface area contributed by atoms with Crippen LogP contribution in [-0.4, -0.2) is 52.8 Å². The molecule has 1 aliphatic rings. The van der Waals surface area contributed by atoms with E-state index in [1.165, 1.54) is 11.0 Å². The Balaban J connectivity index is 2.20. The number of carbonyl (C=O) groups excluding carboxylic acids is 1. The first-order valence-electron chi connectivity index (χ1n) is 8.24. The van der Waals surface area contributed by atoms with Crippen LogP contribution in [0.15, 0.2) is 18.2 Å². The molecular weight excluding hydrogens is 367 g/mol. The Hall–Kier alpha value is -1.77.